The summed E-state index contributed by atoms with van der Waals surface area (Å²) in [4.78, 5) is 1.28. The number of likely N-dealkylation sites (N-methyl/N-ethyl adjacent to an activating group) is 1. The molecule has 0 bridgehead atoms. The number of thiophene rings is 1. The molecule has 102 valence electrons. The summed E-state index contributed by atoms with van der Waals surface area (Å²) >= 11 is 11.4. The molecule has 0 aliphatic carbocycles. The third-order valence-electron chi connectivity index (χ3n) is 2.98. The zero-order chi connectivity index (χ0) is 13.8. The van der Waals surface area contributed by atoms with Crippen LogP contribution in [0.25, 0.3) is 0 Å². The molecule has 0 fully saturated rings. The number of nitrogens with one attached hydrogen (secondary N) is 1. The van der Waals surface area contributed by atoms with Crippen molar-refractivity contribution in [1.29, 1.82) is 0 Å². The summed E-state index contributed by atoms with van der Waals surface area (Å²) in [5, 5.41) is 6.16. The zero-order valence-corrected chi connectivity index (χ0v) is 13.9. The van der Waals surface area contributed by atoms with Gasteiger partial charge in [-0.2, -0.15) is 0 Å². The van der Waals surface area contributed by atoms with Gasteiger partial charge in [0.15, 0.2) is 0 Å². The van der Waals surface area contributed by atoms with E-state index in [4.69, 9.17) is 16.3 Å². The summed E-state index contributed by atoms with van der Waals surface area (Å²) in [6.07, 6.45) is 0.833. The topological polar surface area (TPSA) is 21.3 Å². The van der Waals surface area contributed by atoms with Crippen LogP contribution in [0.1, 0.15) is 16.5 Å². The maximum atomic E-state index is 6.07. The van der Waals surface area contributed by atoms with E-state index in [1.165, 1.54) is 4.88 Å². The van der Waals surface area contributed by atoms with Gasteiger partial charge >= 0.3 is 0 Å². The van der Waals surface area contributed by atoms with Crippen LogP contribution in [0, 0.1) is 0 Å². The Bertz CT molecular complexity index is 558. The SMILES string of the molecule is CNC(Cc1cc(Cl)ccc1OC)c1sccc1Br. The highest BCUT2D eigenvalue weighted by Crippen LogP contribution is 2.33. The lowest BCUT2D eigenvalue weighted by Crippen LogP contribution is -2.18. The zero-order valence-electron chi connectivity index (χ0n) is 10.7. The molecular weight excluding hydrogens is 346 g/mol. The minimum atomic E-state index is 0.238. The number of rotatable bonds is 5. The van der Waals surface area contributed by atoms with Crippen molar-refractivity contribution in [2.45, 2.75) is 12.5 Å². The molecule has 5 heteroatoms. The molecule has 1 heterocycles. The molecule has 1 N–H and O–H groups in total. The van der Waals surface area contributed by atoms with E-state index in [2.05, 4.69) is 32.7 Å². The number of hydrogen-bond acceptors (Lipinski definition) is 3. The predicted molar refractivity (Wildman–Crippen MR) is 85.5 cm³/mol. The largest absolute Gasteiger partial charge is 0.496 e. The van der Waals surface area contributed by atoms with E-state index in [1.807, 2.05) is 25.2 Å². The van der Waals surface area contributed by atoms with Gasteiger partial charge in [-0.15, -0.1) is 11.3 Å². The van der Waals surface area contributed by atoms with E-state index in [0.717, 1.165) is 27.2 Å². The van der Waals surface area contributed by atoms with E-state index < -0.39 is 0 Å². The van der Waals surface area contributed by atoms with Crippen molar-refractivity contribution in [3.63, 3.8) is 0 Å². The first-order valence-electron chi connectivity index (χ1n) is 5.88. The van der Waals surface area contributed by atoms with Gasteiger partial charge in [0.25, 0.3) is 0 Å². The fourth-order valence-corrected chi connectivity index (χ4v) is 3.96. The molecule has 0 saturated carbocycles. The molecular formula is C14H15BrClNOS. The van der Waals surface area contributed by atoms with Gasteiger partial charge < -0.3 is 10.1 Å². The molecule has 0 aliphatic heterocycles. The molecule has 0 amide bonds. The van der Waals surface area contributed by atoms with Crippen LogP contribution in [0.4, 0.5) is 0 Å². The Hall–Kier alpha value is -0.550. The molecule has 2 aromatic rings. The average molecular weight is 361 g/mol. The minimum Gasteiger partial charge on any atom is -0.496 e. The number of hydrogen-bond donors (Lipinski definition) is 1. The monoisotopic (exact) mass is 359 g/mol. The van der Waals surface area contributed by atoms with Crippen molar-refractivity contribution in [2.24, 2.45) is 0 Å². The van der Waals surface area contributed by atoms with Crippen molar-refractivity contribution in [2.75, 3.05) is 14.2 Å². The summed E-state index contributed by atoms with van der Waals surface area (Å²) in [5.74, 6) is 0.873. The van der Waals surface area contributed by atoms with Crippen LogP contribution in [0.15, 0.2) is 34.1 Å². The van der Waals surface area contributed by atoms with Gasteiger partial charge in [-0.3, -0.25) is 0 Å². The van der Waals surface area contributed by atoms with E-state index in [-0.39, 0.29) is 6.04 Å². The number of halogens is 2. The van der Waals surface area contributed by atoms with E-state index >= 15 is 0 Å². The highest BCUT2D eigenvalue weighted by atomic mass is 79.9. The second-order valence-corrected chi connectivity index (χ2v) is 6.37. The molecule has 0 spiro atoms. The lowest BCUT2D eigenvalue weighted by atomic mass is 10.0. The van der Waals surface area contributed by atoms with Crippen LogP contribution < -0.4 is 10.1 Å². The lowest BCUT2D eigenvalue weighted by molar-refractivity contribution is 0.406. The standard InChI is InChI=1S/C14H15BrClNOS/c1-17-12(14-11(15)5-6-19-14)8-9-7-10(16)3-4-13(9)18-2/h3-7,12,17H,8H2,1-2H3. The Balaban J connectivity index is 2.28. The minimum absolute atomic E-state index is 0.238. The van der Waals surface area contributed by atoms with Gasteiger partial charge in [0.2, 0.25) is 0 Å². The smallest absolute Gasteiger partial charge is 0.122 e. The summed E-state index contributed by atoms with van der Waals surface area (Å²) < 4.78 is 6.54. The van der Waals surface area contributed by atoms with E-state index in [0.29, 0.717) is 0 Å². The molecule has 1 aromatic carbocycles. The van der Waals surface area contributed by atoms with Crippen molar-refractivity contribution in [1.82, 2.24) is 5.32 Å². The Morgan fingerprint density at radius 3 is 2.79 bits per heavy atom. The van der Waals surface area contributed by atoms with Crippen LogP contribution >= 0.6 is 38.9 Å². The van der Waals surface area contributed by atoms with Crippen molar-refractivity contribution < 1.29 is 4.74 Å². The van der Waals surface area contributed by atoms with Gasteiger partial charge in [-0.25, -0.2) is 0 Å². The third kappa shape index (κ3) is 3.51. The second kappa shape index (κ2) is 6.75. The molecule has 0 radical (unpaired) electrons. The van der Waals surface area contributed by atoms with E-state index in [9.17, 15) is 0 Å². The quantitative estimate of drug-likeness (QED) is 0.836. The van der Waals surface area contributed by atoms with Gasteiger partial charge in [-0.05, 0) is 64.6 Å². The van der Waals surface area contributed by atoms with Gasteiger partial charge in [0.05, 0.1) is 7.11 Å². The third-order valence-corrected chi connectivity index (χ3v) is 5.20. The van der Waals surface area contributed by atoms with Gasteiger partial charge in [0, 0.05) is 20.4 Å². The maximum absolute atomic E-state index is 6.07. The lowest BCUT2D eigenvalue weighted by Gasteiger charge is -2.17. The Kier molecular flexibility index (Phi) is 5.28. The van der Waals surface area contributed by atoms with Crippen LogP contribution in [0.5, 0.6) is 5.75 Å². The van der Waals surface area contributed by atoms with Crippen molar-refractivity contribution >= 4 is 38.9 Å². The Morgan fingerprint density at radius 1 is 1.42 bits per heavy atom. The van der Waals surface area contributed by atoms with Crippen LogP contribution in [0.2, 0.25) is 5.02 Å². The Morgan fingerprint density at radius 2 is 2.21 bits per heavy atom. The first-order chi connectivity index (χ1) is 9.15. The molecule has 2 nitrogen and oxygen atoms in total. The first kappa shape index (κ1) is 14.9. The average Bonchev–Trinajstić information content (AvgIpc) is 2.82. The number of benzene rings is 1. The highest BCUT2D eigenvalue weighted by molar-refractivity contribution is 9.10. The maximum Gasteiger partial charge on any atom is 0.122 e. The summed E-state index contributed by atoms with van der Waals surface area (Å²) in [5.41, 5.74) is 1.11. The van der Waals surface area contributed by atoms with Gasteiger partial charge in [0.1, 0.15) is 5.75 Å². The fourth-order valence-electron chi connectivity index (χ4n) is 2.01. The molecule has 2 rings (SSSR count). The van der Waals surface area contributed by atoms with Crippen molar-refractivity contribution in [3.05, 3.63) is 49.6 Å². The molecule has 1 aromatic heterocycles. The molecule has 1 unspecified atom stereocenters. The van der Waals surface area contributed by atoms with Crippen LogP contribution in [-0.4, -0.2) is 14.2 Å². The fraction of sp³-hybridized carbons (Fsp3) is 0.286. The normalized spacial score (nSPS) is 12.4. The second-order valence-electron chi connectivity index (χ2n) is 4.13. The molecule has 0 aliphatic rings. The summed E-state index contributed by atoms with van der Waals surface area (Å²) in [7, 11) is 3.65. The number of methoxy groups -OCH3 is 1. The summed E-state index contributed by atoms with van der Waals surface area (Å²) in [6, 6.07) is 8.03. The predicted octanol–water partition coefficient (Wildman–Crippen LogP) is 4.68. The van der Waals surface area contributed by atoms with Gasteiger partial charge in [-0.1, -0.05) is 11.6 Å². The van der Waals surface area contributed by atoms with Crippen LogP contribution in [-0.2, 0) is 6.42 Å². The summed E-state index contributed by atoms with van der Waals surface area (Å²) in [6.45, 7) is 0. The van der Waals surface area contributed by atoms with Crippen LogP contribution in [0.3, 0.4) is 0 Å². The Labute approximate surface area is 130 Å². The molecule has 0 saturated heterocycles. The first-order valence-corrected chi connectivity index (χ1v) is 7.93. The van der Waals surface area contributed by atoms with Crippen molar-refractivity contribution in [3.8, 4) is 5.75 Å². The highest BCUT2D eigenvalue weighted by Gasteiger charge is 2.17. The number of ether oxygens (including phenoxy) is 1. The van der Waals surface area contributed by atoms with E-state index in [1.54, 1.807) is 18.4 Å². The molecule has 19 heavy (non-hydrogen) atoms. The molecule has 1 atom stereocenters.